The topological polar surface area (TPSA) is 29.9 Å². The van der Waals surface area contributed by atoms with Crippen LogP contribution in [0.2, 0.25) is 0 Å². The zero-order valence-electron chi connectivity index (χ0n) is 5.27. The summed E-state index contributed by atoms with van der Waals surface area (Å²) in [4.78, 5) is 0. The number of hydrogen-bond donors (Lipinski definition) is 1. The normalized spacial score (nSPS) is 7.22. The minimum atomic E-state index is 0. The van der Waals surface area contributed by atoms with Crippen LogP contribution in [-0.4, -0.2) is 5.10 Å². The summed E-state index contributed by atoms with van der Waals surface area (Å²) in [6, 6.07) is 0. The molecule has 0 fully saturated rings. The summed E-state index contributed by atoms with van der Waals surface area (Å²) in [5.74, 6) is 0. The van der Waals surface area contributed by atoms with Crippen LogP contribution < -0.4 is 5.10 Å². The van der Waals surface area contributed by atoms with E-state index in [2.05, 4.69) is 16.4 Å². The molecular weight excluding hydrogens is 239 g/mol. The second-order valence-corrected chi connectivity index (χ2v) is 1.70. The van der Waals surface area contributed by atoms with E-state index >= 15 is 0 Å². The van der Waals surface area contributed by atoms with E-state index in [4.69, 9.17) is 12.2 Å². The first kappa shape index (κ1) is 12.4. The molecule has 0 aliphatic rings. The molecule has 0 radical (unpaired) electrons. The van der Waals surface area contributed by atoms with Gasteiger partial charge in [-0.25, -0.2) is 5.56 Å². The van der Waals surface area contributed by atoms with Crippen molar-refractivity contribution < 1.29 is 39.0 Å². The Hall–Kier alpha value is 0.677. The van der Waals surface area contributed by atoms with Crippen LogP contribution >= 0.6 is 12.2 Å². The van der Waals surface area contributed by atoms with Crippen LogP contribution in [0, 0.1) is 17.8 Å². The molecular formula is C4H4N2SZn2-2. The Balaban J connectivity index is 0. The van der Waals surface area contributed by atoms with Crippen molar-refractivity contribution in [3.8, 4) is 0 Å². The first-order chi connectivity index (χ1) is 3.30. The first-order valence-corrected chi connectivity index (χ1v) is 2.31. The first-order valence-electron chi connectivity index (χ1n) is 1.90. The third kappa shape index (κ3) is 3.39. The monoisotopic (exact) mass is 240 g/mol. The van der Waals surface area contributed by atoms with Crippen molar-refractivity contribution >= 4 is 12.2 Å². The van der Waals surface area contributed by atoms with Gasteiger partial charge >= 0.3 is 0 Å². The predicted molar refractivity (Wildman–Crippen MR) is 28.5 cm³/mol. The molecule has 1 heterocycles. The van der Waals surface area contributed by atoms with E-state index in [0.717, 1.165) is 5.56 Å². The third-order valence-corrected chi connectivity index (χ3v) is 1.12. The van der Waals surface area contributed by atoms with Crippen LogP contribution in [0.4, 0.5) is 0 Å². The molecule has 0 aliphatic carbocycles. The maximum Gasteiger partial charge on any atom is 0 e. The fourth-order valence-electron chi connectivity index (χ4n) is 0.297. The summed E-state index contributed by atoms with van der Waals surface area (Å²) in [5.41, 5.74) is 0.912. The fourth-order valence-corrected chi connectivity index (χ4v) is 0.388. The molecule has 1 aromatic rings. The van der Waals surface area contributed by atoms with Gasteiger partial charge in [0.1, 0.15) is 0 Å². The molecule has 0 bridgehead atoms. The molecule has 2 nitrogen and oxygen atoms in total. The second kappa shape index (κ2) is 5.46. The van der Waals surface area contributed by atoms with Crippen LogP contribution in [0.25, 0.3) is 0 Å². The molecule has 9 heavy (non-hydrogen) atoms. The van der Waals surface area contributed by atoms with Gasteiger partial charge in [-0.05, 0) is 0 Å². The molecule has 0 amide bonds. The van der Waals surface area contributed by atoms with E-state index in [0.29, 0.717) is 4.64 Å². The van der Waals surface area contributed by atoms with Crippen molar-refractivity contribution in [3.05, 3.63) is 16.4 Å². The van der Waals surface area contributed by atoms with E-state index in [1.165, 1.54) is 0 Å². The Morgan fingerprint density at radius 2 is 2.11 bits per heavy atom. The quantitative estimate of drug-likeness (QED) is 0.415. The summed E-state index contributed by atoms with van der Waals surface area (Å²) < 4.78 is 0.681. The van der Waals surface area contributed by atoms with E-state index in [-0.39, 0.29) is 39.0 Å². The van der Waals surface area contributed by atoms with Gasteiger partial charge in [0.15, 0.2) is 0 Å². The summed E-state index contributed by atoms with van der Waals surface area (Å²) in [7, 11) is 0. The maximum atomic E-state index is 4.74. The Morgan fingerprint density at radius 1 is 1.56 bits per heavy atom. The molecule has 42 valence electrons. The minimum Gasteiger partial charge on any atom is -0.715 e. The summed E-state index contributed by atoms with van der Waals surface area (Å²) in [5, 5.41) is 6.14. The van der Waals surface area contributed by atoms with E-state index in [1.54, 1.807) is 0 Å². The third-order valence-electron chi connectivity index (χ3n) is 0.722. The van der Waals surface area contributed by atoms with Crippen LogP contribution in [0.3, 0.4) is 0 Å². The molecule has 1 N–H and O–H groups in total. The molecule has 0 atom stereocenters. The van der Waals surface area contributed by atoms with Gasteiger partial charge in [-0.15, -0.1) is 0 Å². The van der Waals surface area contributed by atoms with E-state index in [9.17, 15) is 0 Å². The second-order valence-electron chi connectivity index (χ2n) is 1.29. The molecule has 1 rings (SSSR count). The van der Waals surface area contributed by atoms with Gasteiger partial charge in [-0.1, -0.05) is 11.6 Å². The molecule has 0 saturated carbocycles. The average Bonchev–Trinajstić information content (AvgIpc) is 1.91. The van der Waals surface area contributed by atoms with Crippen molar-refractivity contribution in [2.24, 2.45) is 0 Å². The van der Waals surface area contributed by atoms with Gasteiger partial charge in [-0.2, -0.15) is 12.2 Å². The Bertz CT molecular complexity index is 204. The summed E-state index contributed by atoms with van der Waals surface area (Å²) >= 11 is 4.74. The van der Waals surface area contributed by atoms with Crippen molar-refractivity contribution in [1.82, 2.24) is 10.2 Å². The van der Waals surface area contributed by atoms with Crippen molar-refractivity contribution in [2.45, 2.75) is 6.92 Å². The Kier molecular flexibility index (Phi) is 7.50. The molecule has 0 unspecified atom stereocenters. The van der Waals surface area contributed by atoms with Crippen molar-refractivity contribution in [3.63, 3.8) is 0 Å². The minimum absolute atomic E-state index is 0. The van der Waals surface area contributed by atoms with Crippen LogP contribution in [0.15, 0.2) is 0 Å². The number of nitrogens with one attached hydrogen (secondary N) is 1. The van der Waals surface area contributed by atoms with Gasteiger partial charge in [-0.3, -0.25) is 0 Å². The van der Waals surface area contributed by atoms with Gasteiger partial charge in [0.2, 0.25) is 0 Å². The number of aromatic nitrogens is 2. The number of rotatable bonds is 0. The fraction of sp³-hybridized carbons (Fsp3) is 0.250. The van der Waals surface area contributed by atoms with Crippen molar-refractivity contribution in [2.75, 3.05) is 0 Å². The van der Waals surface area contributed by atoms with Crippen molar-refractivity contribution in [1.29, 1.82) is 0 Å². The number of H-pyrrole nitrogens is 1. The summed E-state index contributed by atoms with van der Waals surface area (Å²) in [6.07, 6.45) is 2.66. The molecule has 1 aromatic heterocycles. The standard InChI is InChI=1S/C4H4N2S.2Zn/c1-3-2-5-6-4(3)7;;/h1H3,(H-,5,6,7);;/q-2;;. The van der Waals surface area contributed by atoms with E-state index < -0.39 is 0 Å². The number of aromatic amines is 1. The van der Waals surface area contributed by atoms with E-state index in [1.807, 2.05) is 6.92 Å². The van der Waals surface area contributed by atoms with Gasteiger partial charge in [0, 0.05) is 39.0 Å². The maximum absolute atomic E-state index is 4.74. The van der Waals surface area contributed by atoms with Gasteiger partial charge < -0.3 is 16.4 Å². The number of aryl methyl sites for hydroxylation is 1. The van der Waals surface area contributed by atoms with Crippen LogP contribution in [0.1, 0.15) is 5.56 Å². The molecule has 0 spiro atoms. The zero-order chi connectivity index (χ0) is 5.28. The largest absolute Gasteiger partial charge is 0.715 e. The Labute approximate surface area is 84.3 Å². The van der Waals surface area contributed by atoms with Crippen LogP contribution in [-0.2, 0) is 39.0 Å². The van der Waals surface area contributed by atoms with Gasteiger partial charge in [0.25, 0.3) is 0 Å². The molecule has 0 saturated heterocycles. The molecule has 0 aromatic carbocycles. The smallest absolute Gasteiger partial charge is 0 e. The Morgan fingerprint density at radius 3 is 2.22 bits per heavy atom. The SMILES string of the molecule is Cc1[c-][n-][nH]c1=S.[Zn].[Zn]. The van der Waals surface area contributed by atoms with Gasteiger partial charge in [0.05, 0.1) is 0 Å². The van der Waals surface area contributed by atoms with Crippen LogP contribution in [0.5, 0.6) is 0 Å². The summed E-state index contributed by atoms with van der Waals surface area (Å²) in [6.45, 7) is 1.87. The molecule has 0 aliphatic heterocycles. The zero-order valence-corrected chi connectivity index (χ0v) is 12.0. The predicted octanol–water partition coefficient (Wildman–Crippen LogP) is 0.805. The average molecular weight is 243 g/mol. The number of nitrogens with zero attached hydrogens (tertiary/aromatic N) is 1. The molecule has 5 heteroatoms. The number of hydrogen-bond acceptors (Lipinski definition) is 1.